The molecule has 2 unspecified atom stereocenters. The van der Waals surface area contributed by atoms with Gasteiger partial charge in [0, 0.05) is 24.4 Å². The Balaban J connectivity index is 2.24. The first kappa shape index (κ1) is 13.6. The maximum Gasteiger partial charge on any atom is 0.228 e. The Morgan fingerprint density at radius 1 is 1.50 bits per heavy atom. The van der Waals surface area contributed by atoms with Crippen LogP contribution in [0, 0.1) is 11.8 Å². The van der Waals surface area contributed by atoms with Crippen LogP contribution in [0.2, 0.25) is 0 Å². The van der Waals surface area contributed by atoms with Crippen LogP contribution in [0.1, 0.15) is 33.2 Å². The SMILES string of the molecule is CC(C)C(C)n1nccc1N1CC(CBr)CC1=O. The highest BCUT2D eigenvalue weighted by Crippen LogP contribution is 2.29. The fourth-order valence-corrected chi connectivity index (χ4v) is 2.66. The minimum atomic E-state index is 0.206. The summed E-state index contributed by atoms with van der Waals surface area (Å²) in [6.07, 6.45) is 2.41. The van der Waals surface area contributed by atoms with E-state index in [9.17, 15) is 4.79 Å². The largest absolute Gasteiger partial charge is 0.297 e. The van der Waals surface area contributed by atoms with Crippen molar-refractivity contribution in [1.82, 2.24) is 9.78 Å². The van der Waals surface area contributed by atoms with Crippen molar-refractivity contribution in [1.29, 1.82) is 0 Å². The normalized spacial score (nSPS) is 21.9. The van der Waals surface area contributed by atoms with Gasteiger partial charge in [0.15, 0.2) is 0 Å². The van der Waals surface area contributed by atoms with Crippen molar-refractivity contribution in [2.45, 2.75) is 33.2 Å². The van der Waals surface area contributed by atoms with Crippen LogP contribution in [-0.2, 0) is 4.79 Å². The molecule has 1 aliphatic heterocycles. The van der Waals surface area contributed by atoms with Gasteiger partial charge in [-0.05, 0) is 18.8 Å². The van der Waals surface area contributed by atoms with Crippen LogP contribution >= 0.6 is 15.9 Å². The number of carbonyl (C=O) groups is 1. The number of nitrogens with zero attached hydrogens (tertiary/aromatic N) is 3. The molecule has 0 aromatic carbocycles. The molecule has 1 aromatic rings. The van der Waals surface area contributed by atoms with Crippen LogP contribution in [0.5, 0.6) is 0 Å². The third kappa shape index (κ3) is 2.46. The Morgan fingerprint density at radius 3 is 2.78 bits per heavy atom. The van der Waals surface area contributed by atoms with Crippen LogP contribution in [0.3, 0.4) is 0 Å². The molecule has 0 N–H and O–H groups in total. The van der Waals surface area contributed by atoms with E-state index in [0.29, 0.717) is 24.3 Å². The number of rotatable bonds is 4. The minimum Gasteiger partial charge on any atom is -0.297 e. The summed E-state index contributed by atoms with van der Waals surface area (Å²) in [5, 5.41) is 5.26. The van der Waals surface area contributed by atoms with Gasteiger partial charge in [0.2, 0.25) is 5.91 Å². The van der Waals surface area contributed by atoms with Crippen LogP contribution in [0.15, 0.2) is 12.3 Å². The molecule has 0 radical (unpaired) electrons. The van der Waals surface area contributed by atoms with E-state index in [2.05, 4.69) is 41.8 Å². The summed E-state index contributed by atoms with van der Waals surface area (Å²) in [6.45, 7) is 7.27. The van der Waals surface area contributed by atoms with Crippen molar-refractivity contribution in [2.75, 3.05) is 16.8 Å². The van der Waals surface area contributed by atoms with Gasteiger partial charge in [0.05, 0.1) is 12.2 Å². The highest BCUT2D eigenvalue weighted by Gasteiger charge is 2.32. The van der Waals surface area contributed by atoms with E-state index in [4.69, 9.17) is 0 Å². The van der Waals surface area contributed by atoms with Gasteiger partial charge in [-0.2, -0.15) is 5.10 Å². The molecule has 18 heavy (non-hydrogen) atoms. The average molecular weight is 314 g/mol. The number of halogens is 1. The van der Waals surface area contributed by atoms with Crippen molar-refractivity contribution in [2.24, 2.45) is 11.8 Å². The van der Waals surface area contributed by atoms with E-state index < -0.39 is 0 Å². The molecule has 2 heterocycles. The van der Waals surface area contributed by atoms with E-state index in [1.165, 1.54) is 0 Å². The van der Waals surface area contributed by atoms with Gasteiger partial charge in [-0.15, -0.1) is 0 Å². The first-order valence-corrected chi connectivity index (χ1v) is 7.56. The summed E-state index contributed by atoms with van der Waals surface area (Å²) in [4.78, 5) is 13.9. The van der Waals surface area contributed by atoms with Gasteiger partial charge in [0.25, 0.3) is 0 Å². The highest BCUT2D eigenvalue weighted by atomic mass is 79.9. The minimum absolute atomic E-state index is 0.206. The standard InChI is InChI=1S/C13H20BrN3O/c1-9(2)10(3)17-12(4-5-15-17)16-8-11(7-14)6-13(16)18/h4-5,9-11H,6-8H2,1-3H3. The molecule has 0 bridgehead atoms. The monoisotopic (exact) mass is 313 g/mol. The molecule has 5 heteroatoms. The van der Waals surface area contributed by atoms with Gasteiger partial charge in [-0.25, -0.2) is 4.68 Å². The van der Waals surface area contributed by atoms with Gasteiger partial charge in [-0.1, -0.05) is 29.8 Å². The Hall–Kier alpha value is -0.840. The van der Waals surface area contributed by atoms with E-state index in [-0.39, 0.29) is 5.91 Å². The lowest BCUT2D eigenvalue weighted by Gasteiger charge is -2.23. The third-order valence-corrected chi connectivity index (χ3v) is 4.62. The van der Waals surface area contributed by atoms with Crippen LogP contribution in [0.4, 0.5) is 5.82 Å². The zero-order chi connectivity index (χ0) is 13.3. The zero-order valence-corrected chi connectivity index (χ0v) is 12.7. The maximum atomic E-state index is 12.1. The molecule has 1 aliphatic rings. The van der Waals surface area contributed by atoms with Crippen molar-refractivity contribution in [3.05, 3.63) is 12.3 Å². The molecule has 2 atom stereocenters. The molecule has 1 amide bonds. The molecule has 1 fully saturated rings. The Kier molecular flexibility index (Phi) is 4.10. The van der Waals surface area contributed by atoms with Crippen molar-refractivity contribution < 1.29 is 4.79 Å². The van der Waals surface area contributed by atoms with E-state index in [1.54, 1.807) is 6.20 Å². The van der Waals surface area contributed by atoms with Crippen molar-refractivity contribution in [3.63, 3.8) is 0 Å². The predicted octanol–water partition coefficient (Wildman–Crippen LogP) is 2.85. The van der Waals surface area contributed by atoms with Gasteiger partial charge in [0.1, 0.15) is 5.82 Å². The number of hydrogen-bond donors (Lipinski definition) is 0. The molecular weight excluding hydrogens is 294 g/mol. The Morgan fingerprint density at radius 2 is 2.22 bits per heavy atom. The summed E-state index contributed by atoms with van der Waals surface area (Å²) < 4.78 is 1.97. The maximum absolute atomic E-state index is 12.1. The van der Waals surface area contributed by atoms with E-state index >= 15 is 0 Å². The first-order valence-electron chi connectivity index (χ1n) is 6.44. The lowest BCUT2D eigenvalue weighted by Crippen LogP contribution is -2.29. The number of alkyl halides is 1. The zero-order valence-electron chi connectivity index (χ0n) is 11.1. The lowest BCUT2D eigenvalue weighted by molar-refractivity contribution is -0.117. The molecule has 2 rings (SSSR count). The summed E-state index contributed by atoms with van der Waals surface area (Å²) in [7, 11) is 0. The fourth-order valence-electron chi connectivity index (χ4n) is 2.22. The molecular formula is C13H20BrN3O. The van der Waals surface area contributed by atoms with Gasteiger partial charge >= 0.3 is 0 Å². The average Bonchev–Trinajstić information content (AvgIpc) is 2.93. The predicted molar refractivity (Wildman–Crippen MR) is 76.0 cm³/mol. The highest BCUT2D eigenvalue weighted by molar-refractivity contribution is 9.09. The van der Waals surface area contributed by atoms with E-state index in [1.807, 2.05) is 15.6 Å². The second-order valence-electron chi connectivity index (χ2n) is 5.35. The molecule has 0 saturated carbocycles. The molecule has 0 spiro atoms. The second-order valence-corrected chi connectivity index (χ2v) is 5.99. The topological polar surface area (TPSA) is 38.1 Å². The summed E-state index contributed by atoms with van der Waals surface area (Å²) in [6, 6.07) is 2.23. The third-order valence-electron chi connectivity index (χ3n) is 3.70. The summed E-state index contributed by atoms with van der Waals surface area (Å²) in [5.74, 6) is 2.05. The number of amides is 1. The lowest BCUT2D eigenvalue weighted by atomic mass is 10.1. The Bertz CT molecular complexity index is 430. The van der Waals surface area contributed by atoms with Crippen LogP contribution in [0.25, 0.3) is 0 Å². The smallest absolute Gasteiger partial charge is 0.228 e. The van der Waals surface area contributed by atoms with Crippen LogP contribution < -0.4 is 4.90 Å². The van der Waals surface area contributed by atoms with Crippen LogP contribution in [-0.4, -0.2) is 27.6 Å². The van der Waals surface area contributed by atoms with Crippen molar-refractivity contribution >= 4 is 27.7 Å². The second kappa shape index (κ2) is 5.43. The molecule has 4 nitrogen and oxygen atoms in total. The summed E-state index contributed by atoms with van der Waals surface area (Å²) >= 11 is 3.46. The van der Waals surface area contributed by atoms with Crippen molar-refractivity contribution in [3.8, 4) is 0 Å². The molecule has 0 aliphatic carbocycles. The number of carbonyl (C=O) groups excluding carboxylic acids is 1. The Labute approximate surface area is 116 Å². The van der Waals surface area contributed by atoms with Gasteiger partial charge < -0.3 is 0 Å². The van der Waals surface area contributed by atoms with E-state index in [0.717, 1.165) is 17.7 Å². The quantitative estimate of drug-likeness (QED) is 0.802. The number of aromatic nitrogens is 2. The molecule has 100 valence electrons. The number of hydrogen-bond acceptors (Lipinski definition) is 2. The molecule has 1 aromatic heterocycles. The summed E-state index contributed by atoms with van der Waals surface area (Å²) in [5.41, 5.74) is 0. The fraction of sp³-hybridized carbons (Fsp3) is 0.692. The first-order chi connectivity index (χ1) is 8.54. The van der Waals surface area contributed by atoms with Gasteiger partial charge in [-0.3, -0.25) is 9.69 Å². The number of anilines is 1. The molecule has 1 saturated heterocycles.